The standard InChI is InChI=1S/C25H28N2O2/c1-4-29-24(28)23-22(21(26-2)15-27(23)3)19-5-7-20(8-6-19)25-12-16-9-17(13-25)11-18(10-16)14-25/h5-8,15-18H,4,9-14H2,1,3H3. The van der Waals surface area contributed by atoms with Crippen molar-refractivity contribution in [2.75, 3.05) is 6.61 Å². The van der Waals surface area contributed by atoms with Crippen molar-refractivity contribution in [2.45, 2.75) is 50.9 Å². The van der Waals surface area contributed by atoms with Gasteiger partial charge in [-0.15, -0.1) is 0 Å². The molecule has 0 spiro atoms. The normalized spacial score (nSPS) is 29.6. The van der Waals surface area contributed by atoms with Gasteiger partial charge in [0.2, 0.25) is 5.69 Å². The van der Waals surface area contributed by atoms with E-state index in [2.05, 4.69) is 29.1 Å². The van der Waals surface area contributed by atoms with Gasteiger partial charge in [0.25, 0.3) is 0 Å². The molecule has 4 bridgehead atoms. The molecule has 6 rings (SSSR count). The zero-order chi connectivity index (χ0) is 20.2. The van der Waals surface area contributed by atoms with Gasteiger partial charge in [-0.3, -0.25) is 0 Å². The summed E-state index contributed by atoms with van der Waals surface area (Å²) in [4.78, 5) is 16.2. The van der Waals surface area contributed by atoms with E-state index in [4.69, 9.17) is 11.3 Å². The van der Waals surface area contributed by atoms with Crippen LogP contribution in [0.25, 0.3) is 16.0 Å². The average molecular weight is 389 g/mol. The van der Waals surface area contributed by atoms with Crippen molar-refractivity contribution in [3.05, 3.63) is 53.1 Å². The molecule has 4 heteroatoms. The van der Waals surface area contributed by atoms with Gasteiger partial charge in [-0.05, 0) is 79.7 Å². The predicted octanol–water partition coefficient (Wildman–Crippen LogP) is 5.89. The molecule has 0 unspecified atom stereocenters. The van der Waals surface area contributed by atoms with E-state index < -0.39 is 0 Å². The van der Waals surface area contributed by atoms with E-state index in [-0.39, 0.29) is 5.97 Å². The van der Waals surface area contributed by atoms with Crippen LogP contribution in [-0.2, 0) is 17.2 Å². The van der Waals surface area contributed by atoms with Crippen LogP contribution in [0.4, 0.5) is 5.69 Å². The van der Waals surface area contributed by atoms with Gasteiger partial charge in [0.05, 0.1) is 13.2 Å². The summed E-state index contributed by atoms with van der Waals surface area (Å²) < 4.78 is 6.97. The Labute approximate surface area is 172 Å². The first-order valence-electron chi connectivity index (χ1n) is 10.9. The van der Waals surface area contributed by atoms with E-state index in [1.165, 1.54) is 44.1 Å². The maximum Gasteiger partial charge on any atom is 0.354 e. The quantitative estimate of drug-likeness (QED) is 0.484. The lowest BCUT2D eigenvalue weighted by atomic mass is 9.48. The summed E-state index contributed by atoms with van der Waals surface area (Å²) in [6.07, 6.45) is 10.1. The second-order valence-corrected chi connectivity index (χ2v) is 9.46. The second kappa shape index (κ2) is 6.76. The molecule has 0 amide bonds. The molecule has 0 N–H and O–H groups in total. The number of aryl methyl sites for hydroxylation is 1. The molecule has 0 atom stereocenters. The third-order valence-corrected chi connectivity index (χ3v) is 7.58. The van der Waals surface area contributed by atoms with Crippen LogP contribution in [0.2, 0.25) is 0 Å². The number of hydrogen-bond acceptors (Lipinski definition) is 2. The number of hydrogen-bond donors (Lipinski definition) is 0. The maximum absolute atomic E-state index is 12.5. The fraction of sp³-hybridized carbons (Fsp3) is 0.520. The van der Waals surface area contributed by atoms with Crippen LogP contribution >= 0.6 is 0 Å². The highest BCUT2D eigenvalue weighted by molar-refractivity contribution is 6.00. The van der Waals surface area contributed by atoms with Crippen molar-refractivity contribution >= 4 is 11.7 Å². The first-order valence-corrected chi connectivity index (χ1v) is 10.9. The number of rotatable bonds is 4. The molecule has 0 aliphatic heterocycles. The van der Waals surface area contributed by atoms with Gasteiger partial charge in [-0.25, -0.2) is 9.64 Å². The van der Waals surface area contributed by atoms with Gasteiger partial charge in [-0.2, -0.15) is 0 Å². The predicted molar refractivity (Wildman–Crippen MR) is 113 cm³/mol. The Kier molecular flexibility index (Phi) is 4.31. The summed E-state index contributed by atoms with van der Waals surface area (Å²) in [5.41, 5.74) is 4.39. The van der Waals surface area contributed by atoms with Gasteiger partial charge in [0.1, 0.15) is 5.69 Å². The molecule has 0 saturated heterocycles. The molecule has 1 heterocycles. The van der Waals surface area contributed by atoms with E-state index >= 15 is 0 Å². The number of ether oxygens (including phenoxy) is 1. The first kappa shape index (κ1) is 18.5. The minimum atomic E-state index is -0.370. The monoisotopic (exact) mass is 388 g/mol. The lowest BCUT2D eigenvalue weighted by molar-refractivity contribution is -0.00518. The smallest absolute Gasteiger partial charge is 0.354 e. The Balaban J connectivity index is 1.52. The molecular weight excluding hydrogens is 360 g/mol. The van der Waals surface area contributed by atoms with E-state index in [9.17, 15) is 4.79 Å². The highest BCUT2D eigenvalue weighted by Gasteiger charge is 2.51. The molecule has 4 aliphatic carbocycles. The average Bonchev–Trinajstić information content (AvgIpc) is 3.03. The minimum absolute atomic E-state index is 0.321. The van der Waals surface area contributed by atoms with Crippen LogP contribution in [0.3, 0.4) is 0 Å². The lowest BCUT2D eigenvalue weighted by Crippen LogP contribution is -2.48. The van der Waals surface area contributed by atoms with Crippen LogP contribution < -0.4 is 0 Å². The topological polar surface area (TPSA) is 35.6 Å². The van der Waals surface area contributed by atoms with Gasteiger partial charge < -0.3 is 9.30 Å². The highest BCUT2D eigenvalue weighted by Crippen LogP contribution is 2.60. The number of carbonyl (C=O) groups excluding carboxylic acids is 1. The largest absolute Gasteiger partial charge is 0.461 e. The summed E-state index contributed by atoms with van der Waals surface area (Å²) in [7, 11) is 1.80. The molecule has 29 heavy (non-hydrogen) atoms. The summed E-state index contributed by atoms with van der Waals surface area (Å²) >= 11 is 0. The SMILES string of the molecule is [C-]#[N+]c1cn(C)c(C(=O)OCC)c1-c1ccc(C23CC4CC(CC(C4)C2)C3)cc1. The third kappa shape index (κ3) is 2.90. The lowest BCUT2D eigenvalue weighted by Gasteiger charge is -2.57. The van der Waals surface area contributed by atoms with Crippen molar-refractivity contribution in [1.82, 2.24) is 4.57 Å². The van der Waals surface area contributed by atoms with Crippen molar-refractivity contribution in [2.24, 2.45) is 24.8 Å². The second-order valence-electron chi connectivity index (χ2n) is 9.46. The van der Waals surface area contributed by atoms with Gasteiger partial charge >= 0.3 is 5.97 Å². The Morgan fingerprint density at radius 1 is 1.14 bits per heavy atom. The molecule has 4 nitrogen and oxygen atoms in total. The number of carbonyl (C=O) groups is 1. The van der Waals surface area contributed by atoms with Gasteiger partial charge in [0.15, 0.2) is 0 Å². The number of nitrogens with zero attached hydrogens (tertiary/aromatic N) is 2. The van der Waals surface area contributed by atoms with E-state index in [0.717, 1.165) is 23.3 Å². The zero-order valence-corrected chi connectivity index (χ0v) is 17.3. The summed E-state index contributed by atoms with van der Waals surface area (Å²) in [5, 5.41) is 0. The van der Waals surface area contributed by atoms with Crippen LogP contribution in [0, 0.1) is 24.3 Å². The summed E-state index contributed by atoms with van der Waals surface area (Å²) in [6.45, 7) is 9.69. The van der Waals surface area contributed by atoms with Gasteiger partial charge in [0, 0.05) is 18.8 Å². The van der Waals surface area contributed by atoms with Crippen LogP contribution in [0.1, 0.15) is 61.5 Å². The van der Waals surface area contributed by atoms with Gasteiger partial charge in [-0.1, -0.05) is 24.3 Å². The van der Waals surface area contributed by atoms with E-state index in [0.29, 0.717) is 29.0 Å². The molecule has 1 aromatic carbocycles. The van der Waals surface area contributed by atoms with E-state index in [1.807, 2.05) is 0 Å². The molecular formula is C25H28N2O2. The zero-order valence-electron chi connectivity index (χ0n) is 17.3. The van der Waals surface area contributed by atoms with Crippen LogP contribution in [0.5, 0.6) is 0 Å². The fourth-order valence-corrected chi connectivity index (χ4v) is 6.88. The van der Waals surface area contributed by atoms with Crippen molar-refractivity contribution < 1.29 is 9.53 Å². The number of benzene rings is 1. The Morgan fingerprint density at radius 2 is 1.72 bits per heavy atom. The minimum Gasteiger partial charge on any atom is -0.461 e. The van der Waals surface area contributed by atoms with E-state index in [1.54, 1.807) is 24.7 Å². The van der Waals surface area contributed by atoms with Crippen molar-refractivity contribution in [3.8, 4) is 11.1 Å². The Hall–Kier alpha value is -2.54. The van der Waals surface area contributed by atoms with Crippen LogP contribution in [-0.4, -0.2) is 17.1 Å². The molecule has 2 aromatic rings. The fourth-order valence-electron chi connectivity index (χ4n) is 6.88. The molecule has 4 aliphatic rings. The maximum atomic E-state index is 12.5. The molecule has 1 aromatic heterocycles. The van der Waals surface area contributed by atoms with Crippen molar-refractivity contribution in [3.63, 3.8) is 0 Å². The first-order chi connectivity index (χ1) is 14.0. The summed E-state index contributed by atoms with van der Waals surface area (Å²) in [5.74, 6) is 2.38. The summed E-state index contributed by atoms with van der Waals surface area (Å²) in [6, 6.07) is 8.75. The molecule has 0 radical (unpaired) electrons. The molecule has 150 valence electrons. The molecule has 4 fully saturated rings. The third-order valence-electron chi connectivity index (χ3n) is 7.58. The molecule has 4 saturated carbocycles. The number of aromatic nitrogens is 1. The van der Waals surface area contributed by atoms with Crippen LogP contribution in [0.15, 0.2) is 30.5 Å². The number of esters is 1. The Bertz CT molecular complexity index is 958. The van der Waals surface area contributed by atoms with Crippen molar-refractivity contribution in [1.29, 1.82) is 0 Å². The highest BCUT2D eigenvalue weighted by atomic mass is 16.5. The Morgan fingerprint density at radius 3 is 2.24 bits per heavy atom.